The van der Waals surface area contributed by atoms with Crippen LogP contribution in [0, 0.1) is 0 Å². The Balaban J connectivity index is 1.76. The Morgan fingerprint density at radius 1 is 1.32 bits per heavy atom. The molecule has 5 nitrogen and oxygen atoms in total. The summed E-state index contributed by atoms with van der Waals surface area (Å²) in [6.45, 7) is 3.39. The topological polar surface area (TPSA) is 43.2 Å². The molecule has 0 N–H and O–H groups in total. The summed E-state index contributed by atoms with van der Waals surface area (Å²) in [5.74, 6) is 0.606. The Morgan fingerprint density at radius 2 is 2.16 bits per heavy atom. The Bertz CT molecular complexity index is 546. The predicted molar refractivity (Wildman–Crippen MR) is 72.4 cm³/mol. The fraction of sp³-hybridized carbons (Fsp3) is 0.429. The minimum atomic E-state index is 0.606. The summed E-state index contributed by atoms with van der Waals surface area (Å²) in [5, 5.41) is 4.41. The van der Waals surface area contributed by atoms with Gasteiger partial charge in [-0.1, -0.05) is 0 Å². The minimum absolute atomic E-state index is 0.606. The van der Waals surface area contributed by atoms with Crippen molar-refractivity contribution in [3.05, 3.63) is 36.3 Å². The van der Waals surface area contributed by atoms with Crippen molar-refractivity contribution in [2.45, 2.75) is 19.4 Å². The average molecular weight is 258 g/mol. The van der Waals surface area contributed by atoms with E-state index < -0.39 is 0 Å². The maximum absolute atomic E-state index is 5.13. The van der Waals surface area contributed by atoms with Crippen molar-refractivity contribution in [2.24, 2.45) is 0 Å². The van der Waals surface area contributed by atoms with Crippen molar-refractivity contribution in [2.75, 3.05) is 20.2 Å². The van der Waals surface area contributed by atoms with Crippen LogP contribution in [0.5, 0.6) is 5.88 Å². The summed E-state index contributed by atoms with van der Waals surface area (Å²) in [6, 6.07) is 3.81. The minimum Gasteiger partial charge on any atom is -0.481 e. The molecular weight excluding hydrogens is 240 g/mol. The van der Waals surface area contributed by atoms with E-state index in [0.717, 1.165) is 12.2 Å². The molecular formula is C14H18N4O. The van der Waals surface area contributed by atoms with Gasteiger partial charge in [0, 0.05) is 30.6 Å². The smallest absolute Gasteiger partial charge is 0.215 e. The van der Waals surface area contributed by atoms with Gasteiger partial charge in [-0.25, -0.2) is 9.67 Å². The van der Waals surface area contributed by atoms with E-state index in [1.54, 1.807) is 13.3 Å². The highest BCUT2D eigenvalue weighted by Crippen LogP contribution is 2.16. The zero-order valence-electron chi connectivity index (χ0n) is 11.1. The van der Waals surface area contributed by atoms with E-state index in [2.05, 4.69) is 21.2 Å². The van der Waals surface area contributed by atoms with Gasteiger partial charge in [-0.3, -0.25) is 4.90 Å². The van der Waals surface area contributed by atoms with Crippen LogP contribution >= 0.6 is 0 Å². The quantitative estimate of drug-likeness (QED) is 0.839. The van der Waals surface area contributed by atoms with E-state index in [1.807, 2.05) is 23.0 Å². The summed E-state index contributed by atoms with van der Waals surface area (Å²) >= 11 is 0. The number of hydrogen-bond donors (Lipinski definition) is 0. The summed E-state index contributed by atoms with van der Waals surface area (Å²) in [6.07, 6.45) is 8.37. The van der Waals surface area contributed by atoms with E-state index in [4.69, 9.17) is 4.74 Å². The number of nitrogens with zero attached hydrogens (tertiary/aromatic N) is 4. The van der Waals surface area contributed by atoms with Crippen LogP contribution < -0.4 is 4.74 Å². The zero-order chi connectivity index (χ0) is 13.1. The lowest BCUT2D eigenvalue weighted by Crippen LogP contribution is -2.17. The van der Waals surface area contributed by atoms with Crippen molar-refractivity contribution in [1.29, 1.82) is 0 Å². The molecule has 0 amide bonds. The third-order valence-electron chi connectivity index (χ3n) is 3.43. The zero-order valence-corrected chi connectivity index (χ0v) is 11.1. The Morgan fingerprint density at radius 3 is 2.95 bits per heavy atom. The maximum Gasteiger partial charge on any atom is 0.215 e. The van der Waals surface area contributed by atoms with Crippen molar-refractivity contribution in [3.8, 4) is 11.6 Å². The fourth-order valence-corrected chi connectivity index (χ4v) is 2.44. The van der Waals surface area contributed by atoms with Crippen molar-refractivity contribution in [1.82, 2.24) is 19.7 Å². The average Bonchev–Trinajstić information content (AvgIpc) is 3.11. The van der Waals surface area contributed by atoms with E-state index in [9.17, 15) is 0 Å². The van der Waals surface area contributed by atoms with E-state index >= 15 is 0 Å². The van der Waals surface area contributed by atoms with Crippen LogP contribution in [0.3, 0.4) is 0 Å². The molecule has 3 rings (SSSR count). The van der Waals surface area contributed by atoms with Crippen LogP contribution in [-0.4, -0.2) is 39.9 Å². The van der Waals surface area contributed by atoms with Gasteiger partial charge in [0.15, 0.2) is 0 Å². The third kappa shape index (κ3) is 2.76. The van der Waals surface area contributed by atoms with Crippen LogP contribution in [0.2, 0.25) is 0 Å². The number of aromatic nitrogens is 3. The normalized spacial score (nSPS) is 15.8. The maximum atomic E-state index is 5.13. The van der Waals surface area contributed by atoms with Gasteiger partial charge >= 0.3 is 0 Å². The lowest BCUT2D eigenvalue weighted by atomic mass is 10.3. The van der Waals surface area contributed by atoms with Gasteiger partial charge in [-0.2, -0.15) is 5.10 Å². The molecule has 2 aromatic rings. The number of rotatable bonds is 4. The summed E-state index contributed by atoms with van der Waals surface area (Å²) in [7, 11) is 1.62. The number of hydrogen-bond acceptors (Lipinski definition) is 4. The molecule has 1 saturated heterocycles. The first-order valence-electron chi connectivity index (χ1n) is 6.61. The lowest BCUT2D eigenvalue weighted by Gasteiger charge is -2.12. The first-order chi connectivity index (χ1) is 9.35. The van der Waals surface area contributed by atoms with Gasteiger partial charge in [0.05, 0.1) is 19.0 Å². The molecule has 0 radical (unpaired) electrons. The number of likely N-dealkylation sites (tertiary alicyclic amines) is 1. The fourth-order valence-electron chi connectivity index (χ4n) is 2.44. The number of pyridine rings is 1. The molecule has 2 aromatic heterocycles. The van der Waals surface area contributed by atoms with Crippen molar-refractivity contribution < 1.29 is 4.74 Å². The van der Waals surface area contributed by atoms with E-state index in [-0.39, 0.29) is 0 Å². The van der Waals surface area contributed by atoms with E-state index in [1.165, 1.54) is 31.5 Å². The highest BCUT2D eigenvalue weighted by molar-refractivity contribution is 5.34. The summed E-state index contributed by atoms with van der Waals surface area (Å²) in [5.41, 5.74) is 2.22. The molecule has 1 aliphatic heterocycles. The molecule has 3 heterocycles. The molecule has 1 fully saturated rings. The van der Waals surface area contributed by atoms with Crippen molar-refractivity contribution in [3.63, 3.8) is 0 Å². The highest BCUT2D eigenvalue weighted by atomic mass is 16.5. The SMILES string of the molecule is COc1cc(-n2cc(CN3CCCC3)cn2)ccn1. The second kappa shape index (κ2) is 5.40. The monoisotopic (exact) mass is 258 g/mol. The molecule has 0 aliphatic carbocycles. The van der Waals surface area contributed by atoms with Gasteiger partial charge in [-0.15, -0.1) is 0 Å². The second-order valence-corrected chi connectivity index (χ2v) is 4.83. The molecule has 0 bridgehead atoms. The van der Waals surface area contributed by atoms with Gasteiger partial charge < -0.3 is 4.74 Å². The molecule has 1 aliphatic rings. The largest absolute Gasteiger partial charge is 0.481 e. The number of methoxy groups -OCH3 is 1. The standard InChI is InChI=1S/C14H18N4O/c1-19-14-8-13(4-5-15-14)18-11-12(9-16-18)10-17-6-2-3-7-17/h4-5,8-9,11H,2-3,6-7,10H2,1H3. The third-order valence-corrected chi connectivity index (χ3v) is 3.43. The van der Waals surface area contributed by atoms with E-state index in [0.29, 0.717) is 5.88 Å². The first-order valence-corrected chi connectivity index (χ1v) is 6.61. The molecule has 19 heavy (non-hydrogen) atoms. The highest BCUT2D eigenvalue weighted by Gasteiger charge is 2.12. The van der Waals surface area contributed by atoms with Crippen LogP contribution in [0.1, 0.15) is 18.4 Å². The Hall–Kier alpha value is -1.88. The van der Waals surface area contributed by atoms with Crippen LogP contribution in [-0.2, 0) is 6.54 Å². The van der Waals surface area contributed by atoms with Crippen LogP contribution in [0.4, 0.5) is 0 Å². The Kier molecular flexibility index (Phi) is 3.46. The van der Waals surface area contributed by atoms with Crippen molar-refractivity contribution >= 4 is 0 Å². The van der Waals surface area contributed by atoms with Gasteiger partial charge in [-0.05, 0) is 32.0 Å². The molecule has 0 atom stereocenters. The molecule has 0 saturated carbocycles. The van der Waals surface area contributed by atoms with Gasteiger partial charge in [0.2, 0.25) is 5.88 Å². The molecule has 0 spiro atoms. The molecule has 5 heteroatoms. The van der Waals surface area contributed by atoms with Gasteiger partial charge in [0.25, 0.3) is 0 Å². The summed E-state index contributed by atoms with van der Waals surface area (Å²) < 4.78 is 7.00. The van der Waals surface area contributed by atoms with Crippen LogP contribution in [0.25, 0.3) is 5.69 Å². The first kappa shape index (κ1) is 12.2. The van der Waals surface area contributed by atoms with Gasteiger partial charge in [0.1, 0.15) is 0 Å². The lowest BCUT2D eigenvalue weighted by molar-refractivity contribution is 0.331. The molecule has 100 valence electrons. The predicted octanol–water partition coefficient (Wildman–Crippen LogP) is 1.87. The second-order valence-electron chi connectivity index (χ2n) is 4.83. The molecule has 0 aromatic carbocycles. The number of ether oxygens (including phenoxy) is 1. The summed E-state index contributed by atoms with van der Waals surface area (Å²) in [4.78, 5) is 6.57. The Labute approximate surface area is 112 Å². The molecule has 0 unspecified atom stereocenters. The van der Waals surface area contributed by atoms with Crippen LogP contribution in [0.15, 0.2) is 30.7 Å².